The number of esters is 1. The predicted molar refractivity (Wildman–Crippen MR) is 149 cm³/mol. The number of nitrogens with one attached hydrogen (secondary N) is 3. The summed E-state index contributed by atoms with van der Waals surface area (Å²) in [6.45, 7) is 5.39. The maximum absolute atomic E-state index is 12.5. The van der Waals surface area contributed by atoms with Gasteiger partial charge in [-0.05, 0) is 64.2 Å². The Kier molecular flexibility index (Phi) is 12.6. The number of phenols is 1. The molecule has 0 unspecified atom stereocenters. The van der Waals surface area contributed by atoms with Crippen molar-refractivity contribution in [2.45, 2.75) is 83.0 Å². The fourth-order valence-electron chi connectivity index (χ4n) is 4.20. The van der Waals surface area contributed by atoms with Crippen molar-refractivity contribution in [2.75, 3.05) is 7.11 Å². The van der Waals surface area contributed by atoms with Gasteiger partial charge in [-0.1, -0.05) is 12.1 Å². The van der Waals surface area contributed by atoms with E-state index >= 15 is 0 Å². The molecule has 2 atom stereocenters. The van der Waals surface area contributed by atoms with Gasteiger partial charge in [0, 0.05) is 36.7 Å². The summed E-state index contributed by atoms with van der Waals surface area (Å²) in [5.41, 5.74) is 6.47. The minimum absolute atomic E-state index is 0.0545. The number of carboxylic acid groups (broad SMARTS) is 1. The van der Waals surface area contributed by atoms with E-state index in [1.54, 1.807) is 45.4 Å². The van der Waals surface area contributed by atoms with Crippen LogP contribution in [-0.2, 0) is 36.7 Å². The van der Waals surface area contributed by atoms with E-state index in [4.69, 9.17) is 10.5 Å². The fraction of sp³-hybridized carbons (Fsp3) is 0.536. The number of carbonyl (C=O) groups excluding carboxylic acids is 3. The van der Waals surface area contributed by atoms with Gasteiger partial charge in [0.1, 0.15) is 23.4 Å². The lowest BCUT2D eigenvalue weighted by atomic mass is 9.85. The molecule has 41 heavy (non-hydrogen) atoms. The lowest BCUT2D eigenvalue weighted by Gasteiger charge is -2.30. The van der Waals surface area contributed by atoms with Crippen LogP contribution in [0.1, 0.15) is 57.7 Å². The van der Waals surface area contributed by atoms with Gasteiger partial charge in [-0.25, -0.2) is 14.6 Å². The first-order valence-corrected chi connectivity index (χ1v) is 13.4. The first-order valence-electron chi connectivity index (χ1n) is 13.4. The highest BCUT2D eigenvalue weighted by atomic mass is 16.6. The minimum Gasteiger partial charge on any atom is -0.508 e. The van der Waals surface area contributed by atoms with Gasteiger partial charge in [-0.2, -0.15) is 0 Å². The van der Waals surface area contributed by atoms with Crippen LogP contribution in [-0.4, -0.2) is 75.0 Å². The lowest BCUT2D eigenvalue weighted by Crippen LogP contribution is -2.47. The third-order valence-electron chi connectivity index (χ3n) is 6.31. The number of rotatable bonds is 9. The van der Waals surface area contributed by atoms with Crippen LogP contribution in [0.3, 0.4) is 0 Å². The van der Waals surface area contributed by atoms with Crippen molar-refractivity contribution >= 4 is 23.9 Å². The zero-order chi connectivity index (χ0) is 30.6. The molecule has 1 aliphatic rings. The van der Waals surface area contributed by atoms with Gasteiger partial charge >= 0.3 is 18.0 Å². The number of amides is 2. The molecule has 1 aliphatic carbocycles. The van der Waals surface area contributed by atoms with Crippen molar-refractivity contribution in [3.05, 3.63) is 48.0 Å². The molecule has 1 saturated carbocycles. The number of imidazole rings is 1. The Balaban J connectivity index is 0.000000408. The molecule has 13 heteroatoms. The molecule has 0 bridgehead atoms. The van der Waals surface area contributed by atoms with Gasteiger partial charge < -0.3 is 41.0 Å². The average Bonchev–Trinajstić information content (AvgIpc) is 3.41. The molecule has 1 aromatic carbocycles. The summed E-state index contributed by atoms with van der Waals surface area (Å²) in [5, 5.41) is 24.2. The number of aromatic amines is 1. The van der Waals surface area contributed by atoms with Gasteiger partial charge in [-0.3, -0.25) is 9.59 Å². The highest BCUT2D eigenvalue weighted by Crippen LogP contribution is 2.25. The molecule has 3 rings (SSSR count). The van der Waals surface area contributed by atoms with Crippen molar-refractivity contribution in [3.8, 4) is 5.75 Å². The number of aliphatic carboxylic acids is 1. The number of carbonyl (C=O) groups is 4. The molecule has 13 nitrogen and oxygen atoms in total. The number of aromatic nitrogens is 2. The zero-order valence-electron chi connectivity index (χ0n) is 23.9. The van der Waals surface area contributed by atoms with E-state index in [1.807, 2.05) is 0 Å². The van der Waals surface area contributed by atoms with Crippen LogP contribution in [0.15, 0.2) is 36.8 Å². The Labute approximate surface area is 239 Å². The van der Waals surface area contributed by atoms with E-state index in [-0.39, 0.29) is 30.0 Å². The molecule has 7 N–H and O–H groups in total. The van der Waals surface area contributed by atoms with E-state index in [0.29, 0.717) is 37.7 Å². The molecule has 2 aromatic rings. The zero-order valence-corrected chi connectivity index (χ0v) is 23.9. The number of nitrogens with zero attached hydrogens (tertiary/aromatic N) is 1. The second-order valence-electron chi connectivity index (χ2n) is 10.9. The van der Waals surface area contributed by atoms with Gasteiger partial charge in [-0.15, -0.1) is 0 Å². The first kappa shape index (κ1) is 33.1. The number of alkyl carbamates (subject to hydrolysis) is 1. The van der Waals surface area contributed by atoms with Crippen LogP contribution in [0.5, 0.6) is 5.75 Å². The van der Waals surface area contributed by atoms with E-state index in [9.17, 15) is 29.4 Å². The SMILES string of the molecule is CC(C)(C)OC(=O)NC1CCC(C(=O)N[C@@H](Cc2ccc(O)cc2)C(=O)O)CC1.COC(=O)[C@@H](N)Cc1cnc[nH]1. The number of carboxylic acids is 1. The molecule has 0 saturated heterocycles. The molecule has 1 aromatic heterocycles. The smallest absolute Gasteiger partial charge is 0.407 e. The summed E-state index contributed by atoms with van der Waals surface area (Å²) in [5.74, 6) is -1.99. The fourth-order valence-corrected chi connectivity index (χ4v) is 4.20. The number of benzene rings is 1. The van der Waals surface area contributed by atoms with Gasteiger partial charge in [0.05, 0.1) is 13.4 Å². The standard InChI is InChI=1S/C21H30N2O6.C7H11N3O2/c1-21(2,3)29-20(28)22-15-8-6-14(7-9-15)18(25)23-17(19(26)27)12-13-4-10-16(24)11-5-13;1-12-7(11)6(8)2-5-3-9-4-10-5/h4-5,10-11,14-15,17,24H,6-9,12H2,1-3H3,(H,22,28)(H,23,25)(H,26,27);3-4,6H,2,8H2,1H3,(H,9,10)/t14?,15?,17-;6-/m00/s1. The largest absolute Gasteiger partial charge is 0.508 e. The normalized spacial score (nSPS) is 18.1. The number of nitrogens with two attached hydrogens (primary N) is 1. The van der Waals surface area contributed by atoms with Crippen LogP contribution in [0.4, 0.5) is 4.79 Å². The van der Waals surface area contributed by atoms with Gasteiger partial charge in [0.2, 0.25) is 5.91 Å². The summed E-state index contributed by atoms with van der Waals surface area (Å²) in [6, 6.07) is 4.52. The highest BCUT2D eigenvalue weighted by molar-refractivity contribution is 5.85. The number of phenolic OH excluding ortho intramolecular Hbond substituents is 1. The van der Waals surface area contributed by atoms with Crippen LogP contribution in [0.2, 0.25) is 0 Å². The third-order valence-corrected chi connectivity index (χ3v) is 6.31. The van der Waals surface area contributed by atoms with E-state index in [2.05, 4.69) is 25.3 Å². The minimum atomic E-state index is -1.10. The first-order chi connectivity index (χ1) is 19.3. The molecule has 0 radical (unpaired) electrons. The Morgan fingerprint density at radius 3 is 2.24 bits per heavy atom. The van der Waals surface area contributed by atoms with Crippen LogP contribution in [0.25, 0.3) is 0 Å². The lowest BCUT2D eigenvalue weighted by molar-refractivity contribution is -0.142. The predicted octanol–water partition coefficient (Wildman–Crippen LogP) is 2.04. The van der Waals surface area contributed by atoms with Crippen molar-refractivity contribution in [1.82, 2.24) is 20.6 Å². The molecule has 1 fully saturated rings. The Hall–Kier alpha value is -4.13. The molecule has 0 spiro atoms. The Morgan fingerprint density at radius 1 is 1.10 bits per heavy atom. The van der Waals surface area contributed by atoms with Crippen molar-refractivity contribution in [2.24, 2.45) is 11.7 Å². The summed E-state index contributed by atoms with van der Waals surface area (Å²) in [6.07, 6.45) is 5.66. The summed E-state index contributed by atoms with van der Waals surface area (Å²) < 4.78 is 9.71. The number of ether oxygens (including phenoxy) is 2. The number of H-pyrrole nitrogens is 1. The third kappa shape index (κ3) is 12.3. The summed E-state index contributed by atoms with van der Waals surface area (Å²) in [7, 11) is 1.31. The number of methoxy groups -OCH3 is 1. The molecule has 2 amide bonds. The van der Waals surface area contributed by atoms with E-state index < -0.39 is 35.7 Å². The van der Waals surface area contributed by atoms with Crippen molar-refractivity contribution in [1.29, 1.82) is 0 Å². The maximum Gasteiger partial charge on any atom is 0.407 e. The van der Waals surface area contributed by atoms with Gasteiger partial charge in [0.25, 0.3) is 0 Å². The topological polar surface area (TPSA) is 206 Å². The second kappa shape index (κ2) is 15.6. The van der Waals surface area contributed by atoms with Gasteiger partial charge in [0.15, 0.2) is 0 Å². The molecular formula is C28H41N5O8. The number of hydrogen-bond acceptors (Lipinski definition) is 9. The molecule has 1 heterocycles. The number of aromatic hydroxyl groups is 1. The van der Waals surface area contributed by atoms with Crippen molar-refractivity contribution < 1.29 is 38.9 Å². The van der Waals surface area contributed by atoms with Crippen LogP contribution < -0.4 is 16.4 Å². The average molecular weight is 576 g/mol. The number of hydrogen-bond donors (Lipinski definition) is 6. The molecule has 226 valence electrons. The Bertz CT molecular complexity index is 1120. The molecule has 0 aliphatic heterocycles. The maximum atomic E-state index is 12.5. The molecular weight excluding hydrogens is 534 g/mol. The van der Waals surface area contributed by atoms with Crippen molar-refractivity contribution in [3.63, 3.8) is 0 Å². The van der Waals surface area contributed by atoms with Crippen LogP contribution in [0, 0.1) is 5.92 Å². The summed E-state index contributed by atoms with van der Waals surface area (Å²) in [4.78, 5) is 53.5. The second-order valence-corrected chi connectivity index (χ2v) is 10.9. The van der Waals surface area contributed by atoms with E-state index in [0.717, 1.165) is 5.69 Å². The summed E-state index contributed by atoms with van der Waals surface area (Å²) >= 11 is 0. The van der Waals surface area contributed by atoms with E-state index in [1.165, 1.54) is 19.2 Å². The van der Waals surface area contributed by atoms with Crippen LogP contribution >= 0.6 is 0 Å². The quantitative estimate of drug-likeness (QED) is 0.240. The highest BCUT2D eigenvalue weighted by Gasteiger charge is 2.30. The Morgan fingerprint density at radius 2 is 1.73 bits per heavy atom. The monoisotopic (exact) mass is 575 g/mol.